The molecule has 0 fully saturated rings. The Balaban J connectivity index is 2.59. The molecule has 0 saturated heterocycles. The van der Waals surface area contributed by atoms with Crippen LogP contribution >= 0.6 is 11.6 Å². The number of nitrogens with zero attached hydrogens (tertiary/aromatic N) is 2. The van der Waals surface area contributed by atoms with Crippen LogP contribution in [0.1, 0.15) is 5.69 Å². The van der Waals surface area contributed by atoms with E-state index in [2.05, 4.69) is 5.10 Å². The predicted octanol–water partition coefficient (Wildman–Crippen LogP) is 3.19. The monoisotopic (exact) mass is 224 g/mol. The topological polar surface area (TPSA) is 17.8 Å². The standard InChI is InChI=1S/C11H10ClFN2/c1-7-10(6-15(2)14-7)9-4-3-8(13)5-11(9)12/h3-6H,1-2H3. The van der Waals surface area contributed by atoms with Gasteiger partial charge in [-0.15, -0.1) is 0 Å². The third-order valence-corrected chi connectivity index (χ3v) is 2.55. The Labute approximate surface area is 92.3 Å². The number of halogens is 2. The lowest BCUT2D eigenvalue weighted by Crippen LogP contribution is -1.86. The van der Waals surface area contributed by atoms with Gasteiger partial charge in [-0.05, 0) is 25.1 Å². The maximum Gasteiger partial charge on any atom is 0.124 e. The van der Waals surface area contributed by atoms with Gasteiger partial charge in [0, 0.05) is 24.4 Å². The van der Waals surface area contributed by atoms with Gasteiger partial charge in [-0.25, -0.2) is 4.39 Å². The highest BCUT2D eigenvalue weighted by Gasteiger charge is 2.09. The molecule has 78 valence electrons. The molecule has 0 bridgehead atoms. The molecule has 1 aromatic carbocycles. The third kappa shape index (κ3) is 1.88. The second-order valence-electron chi connectivity index (χ2n) is 3.43. The van der Waals surface area contributed by atoms with Gasteiger partial charge in [0.25, 0.3) is 0 Å². The first-order chi connectivity index (χ1) is 7.08. The molecule has 0 atom stereocenters. The summed E-state index contributed by atoms with van der Waals surface area (Å²) in [6.45, 7) is 1.90. The van der Waals surface area contributed by atoms with E-state index in [4.69, 9.17) is 11.6 Å². The summed E-state index contributed by atoms with van der Waals surface area (Å²) in [5.74, 6) is -0.328. The van der Waals surface area contributed by atoms with Crippen molar-refractivity contribution in [2.45, 2.75) is 6.92 Å². The summed E-state index contributed by atoms with van der Waals surface area (Å²) in [6, 6.07) is 4.37. The first-order valence-corrected chi connectivity index (χ1v) is 4.91. The van der Waals surface area contributed by atoms with Crippen molar-refractivity contribution in [1.29, 1.82) is 0 Å². The van der Waals surface area contributed by atoms with E-state index in [0.717, 1.165) is 16.8 Å². The fourth-order valence-electron chi connectivity index (χ4n) is 1.57. The van der Waals surface area contributed by atoms with Crippen LogP contribution in [-0.4, -0.2) is 9.78 Å². The van der Waals surface area contributed by atoms with E-state index >= 15 is 0 Å². The SMILES string of the molecule is Cc1nn(C)cc1-c1ccc(F)cc1Cl. The third-order valence-electron chi connectivity index (χ3n) is 2.23. The van der Waals surface area contributed by atoms with E-state index in [1.807, 2.05) is 20.2 Å². The van der Waals surface area contributed by atoms with Gasteiger partial charge in [-0.1, -0.05) is 11.6 Å². The first-order valence-electron chi connectivity index (χ1n) is 4.53. The zero-order chi connectivity index (χ0) is 11.0. The Bertz CT molecular complexity index is 505. The average molecular weight is 225 g/mol. The van der Waals surface area contributed by atoms with Crippen LogP contribution in [-0.2, 0) is 7.05 Å². The fraction of sp³-hybridized carbons (Fsp3) is 0.182. The van der Waals surface area contributed by atoms with Crippen molar-refractivity contribution < 1.29 is 4.39 Å². The molecule has 1 heterocycles. The minimum absolute atomic E-state index is 0.328. The molecule has 0 spiro atoms. The molecule has 0 unspecified atom stereocenters. The minimum Gasteiger partial charge on any atom is -0.275 e. The molecule has 2 nitrogen and oxygen atoms in total. The number of rotatable bonds is 1. The van der Waals surface area contributed by atoms with Gasteiger partial charge in [0.2, 0.25) is 0 Å². The van der Waals surface area contributed by atoms with Gasteiger partial charge in [0.15, 0.2) is 0 Å². The lowest BCUT2D eigenvalue weighted by atomic mass is 10.1. The second kappa shape index (κ2) is 3.66. The fourth-order valence-corrected chi connectivity index (χ4v) is 1.84. The van der Waals surface area contributed by atoms with Gasteiger partial charge in [-0.3, -0.25) is 4.68 Å². The summed E-state index contributed by atoms with van der Waals surface area (Å²) in [5.41, 5.74) is 2.62. The van der Waals surface area contributed by atoms with Crippen molar-refractivity contribution in [3.8, 4) is 11.1 Å². The lowest BCUT2D eigenvalue weighted by molar-refractivity contribution is 0.628. The molecule has 0 aliphatic carbocycles. The number of hydrogen-bond donors (Lipinski definition) is 0. The molecular formula is C11H10ClFN2. The molecule has 2 aromatic rings. The van der Waals surface area contributed by atoms with Crippen LogP contribution in [0, 0.1) is 12.7 Å². The summed E-state index contributed by atoms with van der Waals surface area (Å²) < 4.78 is 14.6. The molecule has 0 saturated carbocycles. The number of aryl methyl sites for hydroxylation is 2. The van der Waals surface area contributed by atoms with E-state index in [1.165, 1.54) is 12.1 Å². The molecule has 0 N–H and O–H groups in total. The molecule has 0 amide bonds. The van der Waals surface area contributed by atoms with E-state index < -0.39 is 0 Å². The first kappa shape index (κ1) is 10.2. The van der Waals surface area contributed by atoms with Crippen molar-refractivity contribution in [1.82, 2.24) is 9.78 Å². The molecule has 2 rings (SSSR count). The summed E-state index contributed by atoms with van der Waals surface area (Å²) in [6.07, 6.45) is 1.87. The van der Waals surface area contributed by atoms with Gasteiger partial charge >= 0.3 is 0 Å². The molecule has 0 radical (unpaired) electrons. The van der Waals surface area contributed by atoms with Crippen LogP contribution in [0.2, 0.25) is 5.02 Å². The van der Waals surface area contributed by atoms with E-state index in [9.17, 15) is 4.39 Å². The average Bonchev–Trinajstić information content (AvgIpc) is 2.45. The lowest BCUT2D eigenvalue weighted by Gasteiger charge is -2.02. The molecule has 15 heavy (non-hydrogen) atoms. The summed E-state index contributed by atoms with van der Waals surface area (Å²) in [4.78, 5) is 0. The van der Waals surface area contributed by atoms with Crippen molar-refractivity contribution in [2.24, 2.45) is 7.05 Å². The summed E-state index contributed by atoms with van der Waals surface area (Å²) >= 11 is 5.97. The Morgan fingerprint density at radius 1 is 1.33 bits per heavy atom. The highest BCUT2D eigenvalue weighted by molar-refractivity contribution is 6.33. The van der Waals surface area contributed by atoms with Gasteiger partial charge in [-0.2, -0.15) is 5.10 Å². The van der Waals surface area contributed by atoms with Crippen LogP contribution in [0.5, 0.6) is 0 Å². The molecule has 1 aromatic heterocycles. The number of benzene rings is 1. The highest BCUT2D eigenvalue weighted by atomic mass is 35.5. The molecule has 0 aliphatic heterocycles. The normalized spacial score (nSPS) is 10.7. The predicted molar refractivity (Wildman–Crippen MR) is 58.3 cm³/mol. The van der Waals surface area contributed by atoms with Crippen molar-refractivity contribution >= 4 is 11.6 Å². The van der Waals surface area contributed by atoms with E-state index in [1.54, 1.807) is 10.7 Å². The quantitative estimate of drug-likeness (QED) is 0.728. The Morgan fingerprint density at radius 3 is 2.60 bits per heavy atom. The second-order valence-corrected chi connectivity index (χ2v) is 3.83. The molecule has 0 aliphatic rings. The smallest absolute Gasteiger partial charge is 0.124 e. The highest BCUT2D eigenvalue weighted by Crippen LogP contribution is 2.30. The van der Waals surface area contributed by atoms with Crippen molar-refractivity contribution in [3.63, 3.8) is 0 Å². The molecular weight excluding hydrogens is 215 g/mol. The minimum atomic E-state index is -0.328. The van der Waals surface area contributed by atoms with Crippen LogP contribution in [0.4, 0.5) is 4.39 Å². The zero-order valence-corrected chi connectivity index (χ0v) is 9.22. The maximum atomic E-state index is 12.9. The Kier molecular flexibility index (Phi) is 2.49. The Morgan fingerprint density at radius 2 is 2.07 bits per heavy atom. The van der Waals surface area contributed by atoms with Gasteiger partial charge in [0.1, 0.15) is 5.82 Å². The number of aromatic nitrogens is 2. The van der Waals surface area contributed by atoms with Crippen LogP contribution in [0.25, 0.3) is 11.1 Å². The van der Waals surface area contributed by atoms with Crippen LogP contribution in [0.3, 0.4) is 0 Å². The van der Waals surface area contributed by atoms with Crippen molar-refractivity contribution in [3.05, 3.63) is 40.9 Å². The number of hydrogen-bond acceptors (Lipinski definition) is 1. The van der Waals surface area contributed by atoms with Crippen LogP contribution in [0.15, 0.2) is 24.4 Å². The molecule has 4 heteroatoms. The van der Waals surface area contributed by atoms with E-state index in [-0.39, 0.29) is 5.82 Å². The van der Waals surface area contributed by atoms with Crippen LogP contribution < -0.4 is 0 Å². The van der Waals surface area contributed by atoms with Gasteiger partial charge < -0.3 is 0 Å². The zero-order valence-electron chi connectivity index (χ0n) is 8.46. The van der Waals surface area contributed by atoms with Crippen molar-refractivity contribution in [2.75, 3.05) is 0 Å². The van der Waals surface area contributed by atoms with Gasteiger partial charge in [0.05, 0.1) is 10.7 Å². The maximum absolute atomic E-state index is 12.9. The summed E-state index contributed by atoms with van der Waals surface area (Å²) in [7, 11) is 1.84. The largest absolute Gasteiger partial charge is 0.275 e. The Hall–Kier alpha value is -1.35. The summed E-state index contributed by atoms with van der Waals surface area (Å²) in [5, 5.41) is 4.62. The van der Waals surface area contributed by atoms with E-state index in [0.29, 0.717) is 5.02 Å².